The van der Waals surface area contributed by atoms with Gasteiger partial charge in [0.1, 0.15) is 5.82 Å². The summed E-state index contributed by atoms with van der Waals surface area (Å²) < 4.78 is 14.0. The highest BCUT2D eigenvalue weighted by atomic mass is 35.5. The van der Waals surface area contributed by atoms with Crippen LogP contribution in [0.25, 0.3) is 11.1 Å². The van der Waals surface area contributed by atoms with Crippen LogP contribution in [0.15, 0.2) is 42.5 Å². The van der Waals surface area contributed by atoms with Gasteiger partial charge < -0.3 is 10.2 Å². The second kappa shape index (κ2) is 6.69. The molecule has 1 aliphatic heterocycles. The van der Waals surface area contributed by atoms with Crippen LogP contribution in [0.4, 0.5) is 4.39 Å². The van der Waals surface area contributed by atoms with E-state index in [0.717, 1.165) is 12.1 Å². The van der Waals surface area contributed by atoms with Crippen molar-refractivity contribution in [1.82, 2.24) is 10.2 Å². The Labute approximate surface area is 140 Å². The monoisotopic (exact) mass is 332 g/mol. The van der Waals surface area contributed by atoms with E-state index in [1.54, 1.807) is 36.4 Å². The fourth-order valence-electron chi connectivity index (χ4n) is 2.82. The zero-order valence-corrected chi connectivity index (χ0v) is 13.6. The van der Waals surface area contributed by atoms with E-state index in [2.05, 4.69) is 12.2 Å². The maximum Gasteiger partial charge on any atom is 0.253 e. The summed E-state index contributed by atoms with van der Waals surface area (Å²) in [6.45, 7) is 4.27. The molecule has 1 amide bonds. The number of halogens is 2. The van der Waals surface area contributed by atoms with Gasteiger partial charge in [0.05, 0.1) is 0 Å². The van der Waals surface area contributed by atoms with Crippen LogP contribution < -0.4 is 5.32 Å². The lowest BCUT2D eigenvalue weighted by atomic mass is 10.0. The summed E-state index contributed by atoms with van der Waals surface area (Å²) in [5, 5.41) is 3.68. The SMILES string of the molecule is C[C@@H]1CN(C(=O)c2ccc(-c3ccc(Cl)cc3F)cc2)CCN1. The zero-order chi connectivity index (χ0) is 16.4. The van der Waals surface area contributed by atoms with Gasteiger partial charge in [-0.1, -0.05) is 23.7 Å². The molecule has 3 rings (SSSR count). The molecule has 120 valence electrons. The van der Waals surface area contributed by atoms with Crippen LogP contribution in [0.5, 0.6) is 0 Å². The number of nitrogens with one attached hydrogen (secondary N) is 1. The molecule has 1 aliphatic rings. The van der Waals surface area contributed by atoms with E-state index in [0.29, 0.717) is 35.3 Å². The van der Waals surface area contributed by atoms with Crippen molar-refractivity contribution >= 4 is 17.5 Å². The highest BCUT2D eigenvalue weighted by Gasteiger charge is 2.21. The first-order valence-electron chi connectivity index (χ1n) is 7.63. The van der Waals surface area contributed by atoms with E-state index in [9.17, 15) is 9.18 Å². The van der Waals surface area contributed by atoms with Gasteiger partial charge in [0.15, 0.2) is 0 Å². The molecule has 0 aliphatic carbocycles. The number of carbonyl (C=O) groups excluding carboxylic acids is 1. The van der Waals surface area contributed by atoms with Crippen molar-refractivity contribution in [2.75, 3.05) is 19.6 Å². The van der Waals surface area contributed by atoms with Crippen molar-refractivity contribution in [1.29, 1.82) is 0 Å². The van der Waals surface area contributed by atoms with Crippen molar-refractivity contribution in [2.24, 2.45) is 0 Å². The van der Waals surface area contributed by atoms with Crippen molar-refractivity contribution in [2.45, 2.75) is 13.0 Å². The molecule has 1 fully saturated rings. The fourth-order valence-corrected chi connectivity index (χ4v) is 2.97. The number of hydrogen-bond acceptors (Lipinski definition) is 2. The number of piperazine rings is 1. The molecule has 1 atom stereocenters. The Bertz CT molecular complexity index is 717. The molecule has 1 heterocycles. The highest BCUT2D eigenvalue weighted by Crippen LogP contribution is 2.25. The third kappa shape index (κ3) is 3.54. The van der Waals surface area contributed by atoms with Crippen LogP contribution in [-0.2, 0) is 0 Å². The van der Waals surface area contributed by atoms with Crippen molar-refractivity contribution < 1.29 is 9.18 Å². The van der Waals surface area contributed by atoms with E-state index in [1.807, 2.05) is 4.90 Å². The molecule has 0 bridgehead atoms. The molecule has 0 saturated carbocycles. The number of carbonyl (C=O) groups is 1. The highest BCUT2D eigenvalue weighted by molar-refractivity contribution is 6.30. The average Bonchev–Trinajstić information content (AvgIpc) is 2.54. The maximum atomic E-state index is 14.0. The van der Waals surface area contributed by atoms with Crippen molar-refractivity contribution in [3.8, 4) is 11.1 Å². The van der Waals surface area contributed by atoms with Gasteiger partial charge >= 0.3 is 0 Å². The zero-order valence-electron chi connectivity index (χ0n) is 12.9. The summed E-state index contributed by atoms with van der Waals surface area (Å²) in [5.41, 5.74) is 1.82. The summed E-state index contributed by atoms with van der Waals surface area (Å²) in [4.78, 5) is 14.4. The Kier molecular flexibility index (Phi) is 4.64. The Morgan fingerprint density at radius 2 is 2.00 bits per heavy atom. The number of rotatable bonds is 2. The second-order valence-electron chi connectivity index (χ2n) is 5.81. The number of hydrogen-bond donors (Lipinski definition) is 1. The lowest BCUT2D eigenvalue weighted by molar-refractivity contribution is 0.0709. The molecule has 0 unspecified atom stereocenters. The quantitative estimate of drug-likeness (QED) is 0.911. The van der Waals surface area contributed by atoms with Gasteiger partial charge in [0, 0.05) is 41.8 Å². The summed E-state index contributed by atoms with van der Waals surface area (Å²) in [5.74, 6) is -0.353. The Morgan fingerprint density at radius 3 is 2.65 bits per heavy atom. The predicted molar refractivity (Wildman–Crippen MR) is 90.2 cm³/mol. The molecule has 5 heteroatoms. The maximum absolute atomic E-state index is 14.0. The minimum Gasteiger partial charge on any atom is -0.336 e. The third-order valence-corrected chi connectivity index (χ3v) is 4.27. The molecule has 0 spiro atoms. The number of amides is 1. The van der Waals surface area contributed by atoms with Crippen LogP contribution in [0.1, 0.15) is 17.3 Å². The summed E-state index contributed by atoms with van der Waals surface area (Å²) >= 11 is 5.77. The minimum absolute atomic E-state index is 0.0153. The molecule has 0 aromatic heterocycles. The second-order valence-corrected chi connectivity index (χ2v) is 6.24. The molecule has 2 aromatic carbocycles. The largest absolute Gasteiger partial charge is 0.336 e. The molecule has 2 aromatic rings. The number of benzene rings is 2. The third-order valence-electron chi connectivity index (χ3n) is 4.03. The van der Waals surface area contributed by atoms with E-state index in [-0.39, 0.29) is 11.7 Å². The first kappa shape index (κ1) is 16.0. The van der Waals surface area contributed by atoms with Crippen LogP contribution in [0, 0.1) is 5.82 Å². The first-order valence-corrected chi connectivity index (χ1v) is 8.00. The lowest BCUT2D eigenvalue weighted by Crippen LogP contribution is -2.51. The fraction of sp³-hybridized carbons (Fsp3) is 0.278. The van der Waals surface area contributed by atoms with E-state index in [4.69, 9.17) is 11.6 Å². The summed E-state index contributed by atoms with van der Waals surface area (Å²) in [7, 11) is 0. The van der Waals surface area contributed by atoms with Gasteiger partial charge in [0.2, 0.25) is 0 Å². The molecule has 0 radical (unpaired) electrons. The molecule has 1 N–H and O–H groups in total. The van der Waals surface area contributed by atoms with Gasteiger partial charge in [-0.25, -0.2) is 4.39 Å². The van der Waals surface area contributed by atoms with Crippen LogP contribution in [-0.4, -0.2) is 36.5 Å². The summed E-state index contributed by atoms with van der Waals surface area (Å²) in [6.07, 6.45) is 0. The summed E-state index contributed by atoms with van der Waals surface area (Å²) in [6, 6.07) is 11.9. The van der Waals surface area contributed by atoms with Crippen LogP contribution in [0.3, 0.4) is 0 Å². The van der Waals surface area contributed by atoms with Gasteiger partial charge in [0.25, 0.3) is 5.91 Å². The van der Waals surface area contributed by atoms with Crippen LogP contribution >= 0.6 is 11.6 Å². The van der Waals surface area contributed by atoms with Gasteiger partial charge in [-0.15, -0.1) is 0 Å². The van der Waals surface area contributed by atoms with Crippen molar-refractivity contribution in [3.63, 3.8) is 0 Å². The molecule has 1 saturated heterocycles. The first-order chi connectivity index (χ1) is 11.0. The smallest absolute Gasteiger partial charge is 0.253 e. The number of nitrogens with zero attached hydrogens (tertiary/aromatic N) is 1. The molecular formula is C18H18ClFN2O. The van der Waals surface area contributed by atoms with Gasteiger partial charge in [-0.3, -0.25) is 4.79 Å². The molecule has 23 heavy (non-hydrogen) atoms. The van der Waals surface area contributed by atoms with E-state index in [1.165, 1.54) is 6.07 Å². The van der Waals surface area contributed by atoms with Crippen molar-refractivity contribution in [3.05, 3.63) is 58.9 Å². The topological polar surface area (TPSA) is 32.3 Å². The minimum atomic E-state index is -0.368. The van der Waals surface area contributed by atoms with E-state index < -0.39 is 0 Å². The van der Waals surface area contributed by atoms with Crippen LogP contribution in [0.2, 0.25) is 5.02 Å². The lowest BCUT2D eigenvalue weighted by Gasteiger charge is -2.32. The molecule has 3 nitrogen and oxygen atoms in total. The van der Waals surface area contributed by atoms with Gasteiger partial charge in [-0.05, 0) is 42.8 Å². The normalized spacial score (nSPS) is 18.0. The standard InChI is InChI=1S/C18H18ClFN2O/c1-12-11-22(9-8-21-12)18(23)14-4-2-13(3-5-14)16-7-6-15(19)10-17(16)20/h2-7,10,12,21H,8-9,11H2,1H3/t12-/m1/s1. The predicted octanol–water partition coefficient (Wildman–Crippen LogP) is 3.58. The Hall–Kier alpha value is -1.91. The Morgan fingerprint density at radius 1 is 1.26 bits per heavy atom. The van der Waals surface area contributed by atoms with E-state index >= 15 is 0 Å². The average molecular weight is 333 g/mol. The molecular weight excluding hydrogens is 315 g/mol. The Balaban J connectivity index is 1.80. The van der Waals surface area contributed by atoms with Gasteiger partial charge in [-0.2, -0.15) is 0 Å².